The van der Waals surface area contributed by atoms with Gasteiger partial charge in [0.2, 0.25) is 5.91 Å². The summed E-state index contributed by atoms with van der Waals surface area (Å²) in [4.78, 5) is 26.1. The normalized spacial score (nSPS) is 18.3. The molecule has 0 radical (unpaired) electrons. The number of hydrogen-bond acceptors (Lipinski definition) is 4. The molecule has 114 valence electrons. The third-order valence-corrected chi connectivity index (χ3v) is 3.38. The third kappa shape index (κ3) is 3.52. The van der Waals surface area contributed by atoms with E-state index >= 15 is 0 Å². The van der Waals surface area contributed by atoms with Crippen LogP contribution in [0.4, 0.5) is 0 Å². The number of carbonyl (C=O) groups excluding carboxylic acids is 2. The van der Waals surface area contributed by atoms with Crippen molar-refractivity contribution in [3.05, 3.63) is 29.8 Å². The molecule has 0 saturated carbocycles. The first-order valence-electron chi connectivity index (χ1n) is 7.09. The van der Waals surface area contributed by atoms with Gasteiger partial charge in [0.25, 0.3) is 5.91 Å². The van der Waals surface area contributed by atoms with Crippen molar-refractivity contribution in [1.82, 2.24) is 10.2 Å². The first-order chi connectivity index (χ1) is 10.1. The zero-order valence-electron chi connectivity index (χ0n) is 12.0. The number of ether oxygens (including phenoxy) is 1. The summed E-state index contributed by atoms with van der Waals surface area (Å²) in [5.41, 5.74) is 0.202. The van der Waals surface area contributed by atoms with Crippen molar-refractivity contribution in [1.29, 1.82) is 0 Å². The number of nitrogens with zero attached hydrogens (tertiary/aromatic N) is 1. The minimum Gasteiger partial charge on any atom is -0.507 e. The number of aromatic hydroxyl groups is 1. The van der Waals surface area contributed by atoms with Gasteiger partial charge in [-0.1, -0.05) is 19.1 Å². The van der Waals surface area contributed by atoms with Gasteiger partial charge in [-0.05, 0) is 18.6 Å². The SMILES string of the molecule is CCCNC(=O)C1COCCN1C(=O)c1ccccc1O. The molecule has 2 N–H and O–H groups in total. The van der Waals surface area contributed by atoms with Crippen molar-refractivity contribution >= 4 is 11.8 Å². The van der Waals surface area contributed by atoms with Crippen LogP contribution in [0.3, 0.4) is 0 Å². The molecular formula is C15H20N2O4. The monoisotopic (exact) mass is 292 g/mol. The molecule has 0 bridgehead atoms. The molecule has 1 aromatic rings. The Labute approximate surface area is 123 Å². The number of para-hydroxylation sites is 1. The predicted octanol–water partition coefficient (Wildman–Crippen LogP) is 0.759. The lowest BCUT2D eigenvalue weighted by molar-refractivity contribution is -0.130. The largest absolute Gasteiger partial charge is 0.507 e. The number of rotatable bonds is 4. The Balaban J connectivity index is 2.16. The highest BCUT2D eigenvalue weighted by Crippen LogP contribution is 2.20. The van der Waals surface area contributed by atoms with Crippen LogP contribution < -0.4 is 5.32 Å². The fourth-order valence-corrected chi connectivity index (χ4v) is 2.24. The van der Waals surface area contributed by atoms with E-state index in [1.54, 1.807) is 18.2 Å². The van der Waals surface area contributed by atoms with Gasteiger partial charge in [0.15, 0.2) is 0 Å². The predicted molar refractivity (Wildman–Crippen MR) is 77.1 cm³/mol. The van der Waals surface area contributed by atoms with E-state index in [1.165, 1.54) is 11.0 Å². The molecule has 1 aliphatic rings. The molecule has 1 heterocycles. The van der Waals surface area contributed by atoms with Crippen LogP contribution in [0.2, 0.25) is 0 Å². The highest BCUT2D eigenvalue weighted by atomic mass is 16.5. The molecule has 1 unspecified atom stereocenters. The summed E-state index contributed by atoms with van der Waals surface area (Å²) in [6.07, 6.45) is 0.826. The summed E-state index contributed by atoms with van der Waals surface area (Å²) < 4.78 is 5.31. The fourth-order valence-electron chi connectivity index (χ4n) is 2.24. The molecule has 1 fully saturated rings. The van der Waals surface area contributed by atoms with E-state index < -0.39 is 6.04 Å². The zero-order valence-corrected chi connectivity index (χ0v) is 12.0. The smallest absolute Gasteiger partial charge is 0.258 e. The first kappa shape index (κ1) is 15.3. The number of morpholine rings is 1. The van der Waals surface area contributed by atoms with Gasteiger partial charge in [0, 0.05) is 13.1 Å². The quantitative estimate of drug-likeness (QED) is 0.858. The maximum Gasteiger partial charge on any atom is 0.258 e. The summed E-state index contributed by atoms with van der Waals surface area (Å²) in [6, 6.07) is 5.68. The Kier molecular flexibility index (Phi) is 5.16. The van der Waals surface area contributed by atoms with Crippen LogP contribution >= 0.6 is 0 Å². The Hall–Kier alpha value is -2.08. The van der Waals surface area contributed by atoms with Gasteiger partial charge in [0.1, 0.15) is 11.8 Å². The molecule has 1 aliphatic heterocycles. The lowest BCUT2D eigenvalue weighted by Gasteiger charge is -2.34. The van der Waals surface area contributed by atoms with Gasteiger partial charge in [-0.15, -0.1) is 0 Å². The highest BCUT2D eigenvalue weighted by Gasteiger charge is 2.33. The number of nitrogens with one attached hydrogen (secondary N) is 1. The molecule has 6 heteroatoms. The third-order valence-electron chi connectivity index (χ3n) is 3.38. The lowest BCUT2D eigenvalue weighted by Crippen LogP contribution is -2.56. The second kappa shape index (κ2) is 7.08. The zero-order chi connectivity index (χ0) is 15.2. The van der Waals surface area contributed by atoms with Crippen molar-refractivity contribution < 1.29 is 19.4 Å². The van der Waals surface area contributed by atoms with Crippen molar-refractivity contribution in [2.24, 2.45) is 0 Å². The summed E-state index contributed by atoms with van der Waals surface area (Å²) in [7, 11) is 0. The molecule has 0 aliphatic carbocycles. The van der Waals surface area contributed by atoms with E-state index in [4.69, 9.17) is 4.74 Å². The Morgan fingerprint density at radius 3 is 2.90 bits per heavy atom. The van der Waals surface area contributed by atoms with Gasteiger partial charge >= 0.3 is 0 Å². The van der Waals surface area contributed by atoms with E-state index in [9.17, 15) is 14.7 Å². The van der Waals surface area contributed by atoms with E-state index in [0.29, 0.717) is 19.7 Å². The van der Waals surface area contributed by atoms with E-state index in [-0.39, 0.29) is 29.7 Å². The number of carbonyl (C=O) groups is 2. The molecule has 21 heavy (non-hydrogen) atoms. The maximum atomic E-state index is 12.5. The molecule has 1 saturated heterocycles. The van der Waals surface area contributed by atoms with Crippen LogP contribution in [0.5, 0.6) is 5.75 Å². The second-order valence-corrected chi connectivity index (χ2v) is 4.90. The Morgan fingerprint density at radius 1 is 1.43 bits per heavy atom. The van der Waals surface area contributed by atoms with Gasteiger partial charge in [0.05, 0.1) is 18.8 Å². The summed E-state index contributed by atoms with van der Waals surface area (Å²) in [5, 5.41) is 12.6. The van der Waals surface area contributed by atoms with Crippen LogP contribution in [0.25, 0.3) is 0 Å². The topological polar surface area (TPSA) is 78.9 Å². The van der Waals surface area contributed by atoms with Crippen LogP contribution in [-0.4, -0.2) is 54.2 Å². The van der Waals surface area contributed by atoms with Gasteiger partial charge in [-0.25, -0.2) is 0 Å². The molecule has 1 atom stereocenters. The summed E-state index contributed by atoms with van der Waals surface area (Å²) in [6.45, 7) is 3.42. The molecular weight excluding hydrogens is 272 g/mol. The highest BCUT2D eigenvalue weighted by molar-refractivity contribution is 5.99. The van der Waals surface area contributed by atoms with Crippen molar-refractivity contribution in [3.8, 4) is 5.75 Å². The van der Waals surface area contributed by atoms with Crippen molar-refractivity contribution in [3.63, 3.8) is 0 Å². The van der Waals surface area contributed by atoms with Gasteiger partial charge in [-0.2, -0.15) is 0 Å². The number of phenols is 1. The standard InChI is InChI=1S/C15H20N2O4/c1-2-7-16-14(19)12-10-21-9-8-17(12)15(20)11-5-3-4-6-13(11)18/h3-6,12,18H,2,7-10H2,1H3,(H,16,19). The number of hydrogen-bond donors (Lipinski definition) is 2. The van der Waals surface area contributed by atoms with Crippen LogP contribution in [0.1, 0.15) is 23.7 Å². The Bertz CT molecular complexity index is 518. The number of phenolic OH excluding ortho intramolecular Hbond substituents is 1. The number of benzene rings is 1. The van der Waals surface area contributed by atoms with Crippen molar-refractivity contribution in [2.45, 2.75) is 19.4 Å². The molecule has 0 aromatic heterocycles. The minimum absolute atomic E-state index is 0.0818. The fraction of sp³-hybridized carbons (Fsp3) is 0.467. The summed E-state index contributed by atoms with van der Waals surface area (Å²) >= 11 is 0. The van der Waals surface area contributed by atoms with Crippen LogP contribution in [-0.2, 0) is 9.53 Å². The molecule has 2 amide bonds. The molecule has 0 spiro atoms. The summed E-state index contributed by atoms with van der Waals surface area (Å²) in [5.74, 6) is -0.657. The van der Waals surface area contributed by atoms with Gasteiger partial charge < -0.3 is 20.1 Å². The van der Waals surface area contributed by atoms with Crippen LogP contribution in [0.15, 0.2) is 24.3 Å². The lowest BCUT2D eigenvalue weighted by atomic mass is 10.1. The second-order valence-electron chi connectivity index (χ2n) is 4.90. The van der Waals surface area contributed by atoms with E-state index in [1.807, 2.05) is 6.92 Å². The molecule has 2 rings (SSSR count). The average molecular weight is 292 g/mol. The Morgan fingerprint density at radius 2 is 2.19 bits per heavy atom. The number of amides is 2. The van der Waals surface area contributed by atoms with E-state index in [0.717, 1.165) is 6.42 Å². The molecule has 6 nitrogen and oxygen atoms in total. The van der Waals surface area contributed by atoms with Crippen LogP contribution in [0, 0.1) is 0 Å². The van der Waals surface area contributed by atoms with Crippen molar-refractivity contribution in [2.75, 3.05) is 26.3 Å². The first-order valence-corrected chi connectivity index (χ1v) is 7.09. The molecule has 1 aromatic carbocycles. The maximum absolute atomic E-state index is 12.5. The van der Waals surface area contributed by atoms with E-state index in [2.05, 4.69) is 5.32 Å². The minimum atomic E-state index is -0.655. The average Bonchev–Trinajstić information content (AvgIpc) is 2.52. The van der Waals surface area contributed by atoms with Gasteiger partial charge in [-0.3, -0.25) is 9.59 Å².